The highest BCUT2D eigenvalue weighted by Crippen LogP contribution is 2.10. The van der Waals surface area contributed by atoms with Crippen molar-refractivity contribution in [2.24, 2.45) is 5.92 Å². The second-order valence-electron chi connectivity index (χ2n) is 5.85. The normalized spacial score (nSPS) is 10.8. The fourth-order valence-corrected chi connectivity index (χ4v) is 2.31. The first-order valence-corrected chi connectivity index (χ1v) is 7.76. The van der Waals surface area contributed by atoms with Crippen LogP contribution < -0.4 is 0 Å². The molecule has 0 aliphatic heterocycles. The summed E-state index contributed by atoms with van der Waals surface area (Å²) >= 11 is 0. The molecule has 0 atom stereocenters. The van der Waals surface area contributed by atoms with Crippen LogP contribution in [0.2, 0.25) is 0 Å². The summed E-state index contributed by atoms with van der Waals surface area (Å²) in [7, 11) is 0. The maximum absolute atomic E-state index is 12.6. The number of nitrogens with zero attached hydrogens (tertiary/aromatic N) is 4. The van der Waals surface area contributed by atoms with Gasteiger partial charge in [0.1, 0.15) is 0 Å². The number of hydrogen-bond donors (Lipinski definition) is 0. The highest BCUT2D eigenvalue weighted by molar-refractivity contribution is 6.42. The van der Waals surface area contributed by atoms with Gasteiger partial charge in [0.25, 0.3) is 11.7 Å². The first-order valence-electron chi connectivity index (χ1n) is 7.76. The van der Waals surface area contributed by atoms with Gasteiger partial charge in [0.2, 0.25) is 0 Å². The topological polar surface area (TPSA) is 68.1 Å². The van der Waals surface area contributed by atoms with Crippen LogP contribution in [-0.2, 0) is 17.9 Å². The van der Waals surface area contributed by atoms with Crippen LogP contribution in [0.5, 0.6) is 0 Å². The number of Topliss-reactive ketones (excluding diaryl/α,β-unsaturated/α-hetero) is 1. The number of hydrogen-bond acceptors (Lipinski definition) is 4. The van der Waals surface area contributed by atoms with Crippen molar-refractivity contribution in [3.05, 3.63) is 48.0 Å². The van der Waals surface area contributed by atoms with Gasteiger partial charge in [-0.15, -0.1) is 0 Å². The van der Waals surface area contributed by atoms with Crippen LogP contribution in [0, 0.1) is 5.92 Å². The lowest BCUT2D eigenvalue weighted by Gasteiger charge is -2.23. The van der Waals surface area contributed by atoms with Crippen molar-refractivity contribution >= 4 is 11.7 Å². The van der Waals surface area contributed by atoms with Gasteiger partial charge in [0.05, 0.1) is 6.20 Å². The van der Waals surface area contributed by atoms with Gasteiger partial charge in [-0.3, -0.25) is 19.3 Å². The number of carbonyl (C=O) groups excluding carboxylic acids is 2. The maximum Gasteiger partial charge on any atom is 0.295 e. The number of rotatable bonds is 7. The molecule has 122 valence electrons. The van der Waals surface area contributed by atoms with E-state index < -0.39 is 11.7 Å². The molecule has 6 heteroatoms. The van der Waals surface area contributed by atoms with E-state index in [4.69, 9.17) is 0 Å². The Morgan fingerprint density at radius 2 is 2.09 bits per heavy atom. The fraction of sp³-hybridized carbons (Fsp3) is 0.412. The lowest BCUT2D eigenvalue weighted by atomic mass is 10.1. The molecule has 1 amide bonds. The number of aromatic nitrogens is 3. The zero-order chi connectivity index (χ0) is 16.8. The van der Waals surface area contributed by atoms with Crippen molar-refractivity contribution in [2.45, 2.75) is 33.9 Å². The molecule has 2 aromatic rings. The Bertz CT molecular complexity index is 664. The quantitative estimate of drug-likeness (QED) is 0.580. The summed E-state index contributed by atoms with van der Waals surface area (Å²) in [6.07, 6.45) is 6.63. The number of pyridine rings is 1. The van der Waals surface area contributed by atoms with E-state index in [9.17, 15) is 9.59 Å². The molecule has 0 saturated carbocycles. The third kappa shape index (κ3) is 4.48. The summed E-state index contributed by atoms with van der Waals surface area (Å²) in [6.45, 7) is 7.70. The Kier molecular flexibility index (Phi) is 5.62. The second kappa shape index (κ2) is 7.67. The predicted molar refractivity (Wildman–Crippen MR) is 86.7 cm³/mol. The molecule has 6 nitrogen and oxygen atoms in total. The first-order chi connectivity index (χ1) is 11.0. The molecule has 0 radical (unpaired) electrons. The van der Waals surface area contributed by atoms with Crippen LogP contribution in [-0.4, -0.2) is 37.9 Å². The lowest BCUT2D eigenvalue weighted by Crippen LogP contribution is -2.38. The minimum atomic E-state index is -0.526. The van der Waals surface area contributed by atoms with E-state index in [0.29, 0.717) is 18.7 Å². The molecule has 0 aliphatic carbocycles. The molecule has 0 N–H and O–H groups in total. The smallest absolute Gasteiger partial charge is 0.295 e. The molecule has 23 heavy (non-hydrogen) atoms. The van der Waals surface area contributed by atoms with Crippen molar-refractivity contribution in [1.82, 2.24) is 19.7 Å². The van der Waals surface area contributed by atoms with Crippen LogP contribution in [0.15, 0.2) is 36.9 Å². The van der Waals surface area contributed by atoms with Gasteiger partial charge >= 0.3 is 0 Å². The minimum absolute atomic E-state index is 0.266. The zero-order valence-corrected chi connectivity index (χ0v) is 13.8. The van der Waals surface area contributed by atoms with Gasteiger partial charge < -0.3 is 4.90 Å². The minimum Gasteiger partial charge on any atom is -0.331 e. The van der Waals surface area contributed by atoms with Crippen LogP contribution in [0.3, 0.4) is 0 Å². The highest BCUT2D eigenvalue weighted by Gasteiger charge is 2.24. The lowest BCUT2D eigenvalue weighted by molar-refractivity contribution is -0.127. The molecule has 0 spiro atoms. The fourth-order valence-electron chi connectivity index (χ4n) is 2.31. The third-order valence-electron chi connectivity index (χ3n) is 3.37. The van der Waals surface area contributed by atoms with E-state index in [1.54, 1.807) is 34.1 Å². The van der Waals surface area contributed by atoms with E-state index in [-0.39, 0.29) is 5.92 Å². The van der Waals surface area contributed by atoms with Crippen molar-refractivity contribution in [1.29, 1.82) is 0 Å². The van der Waals surface area contributed by atoms with E-state index in [0.717, 1.165) is 12.1 Å². The van der Waals surface area contributed by atoms with E-state index >= 15 is 0 Å². The average molecular weight is 314 g/mol. The van der Waals surface area contributed by atoms with E-state index in [1.807, 2.05) is 27.0 Å². The van der Waals surface area contributed by atoms with Crippen molar-refractivity contribution in [3.63, 3.8) is 0 Å². The summed E-state index contributed by atoms with van der Waals surface area (Å²) in [5, 5.41) is 4.21. The summed E-state index contributed by atoms with van der Waals surface area (Å²) in [4.78, 5) is 30.4. The molecule has 2 heterocycles. The van der Waals surface area contributed by atoms with Gasteiger partial charge in [-0.25, -0.2) is 0 Å². The molecule has 0 saturated heterocycles. The average Bonchev–Trinajstić information content (AvgIpc) is 3.01. The van der Waals surface area contributed by atoms with Crippen molar-refractivity contribution < 1.29 is 9.59 Å². The molecule has 0 aromatic carbocycles. The van der Waals surface area contributed by atoms with Gasteiger partial charge in [-0.05, 0) is 25.0 Å². The maximum atomic E-state index is 12.6. The Morgan fingerprint density at radius 3 is 2.65 bits per heavy atom. The van der Waals surface area contributed by atoms with Crippen molar-refractivity contribution in [2.75, 3.05) is 6.54 Å². The van der Waals surface area contributed by atoms with Gasteiger partial charge in [-0.1, -0.05) is 13.8 Å². The first kappa shape index (κ1) is 16.9. The second-order valence-corrected chi connectivity index (χ2v) is 5.85. The summed E-state index contributed by atoms with van der Waals surface area (Å²) in [5.41, 5.74) is 1.23. The Labute approximate surface area is 136 Å². The molecular formula is C17H22N4O2. The van der Waals surface area contributed by atoms with Crippen molar-refractivity contribution in [3.8, 4) is 0 Å². The van der Waals surface area contributed by atoms with Crippen LogP contribution >= 0.6 is 0 Å². The summed E-state index contributed by atoms with van der Waals surface area (Å²) < 4.78 is 1.80. The number of ketones is 1. The van der Waals surface area contributed by atoms with Gasteiger partial charge in [0.15, 0.2) is 0 Å². The predicted octanol–water partition coefficient (Wildman–Crippen LogP) is 2.17. The molecule has 0 bridgehead atoms. The Hall–Kier alpha value is -2.50. The third-order valence-corrected chi connectivity index (χ3v) is 3.37. The molecule has 0 fully saturated rings. The molecule has 2 aromatic heterocycles. The largest absolute Gasteiger partial charge is 0.331 e. The molecule has 2 rings (SSSR count). The molecule has 0 aliphatic rings. The van der Waals surface area contributed by atoms with Crippen LogP contribution in [0.1, 0.15) is 36.7 Å². The van der Waals surface area contributed by atoms with Gasteiger partial charge in [-0.2, -0.15) is 5.10 Å². The monoisotopic (exact) mass is 314 g/mol. The Balaban J connectivity index is 2.16. The summed E-state index contributed by atoms with van der Waals surface area (Å²) in [5.74, 6) is -0.764. The van der Waals surface area contributed by atoms with Gasteiger partial charge in [0, 0.05) is 49.4 Å². The highest BCUT2D eigenvalue weighted by atomic mass is 16.2. The van der Waals surface area contributed by atoms with Crippen LogP contribution in [0.25, 0.3) is 0 Å². The number of carbonyl (C=O) groups is 2. The standard InChI is InChI=1S/C17H22N4O2/c1-4-21-12-14(8-19-21)11-20(10-13(2)3)17(23)16(22)15-6-5-7-18-9-15/h5-9,12-13H,4,10-11H2,1-3H3. The SMILES string of the molecule is CCn1cc(CN(CC(C)C)C(=O)C(=O)c2cccnc2)cn1. The van der Waals surface area contributed by atoms with Crippen LogP contribution in [0.4, 0.5) is 0 Å². The number of aryl methyl sites for hydroxylation is 1. The van der Waals surface area contributed by atoms with E-state index in [2.05, 4.69) is 10.1 Å². The molecule has 0 unspecified atom stereocenters. The summed E-state index contributed by atoms with van der Waals surface area (Å²) in [6, 6.07) is 3.26. The molecular weight excluding hydrogens is 292 g/mol. The Morgan fingerprint density at radius 1 is 1.30 bits per heavy atom. The zero-order valence-electron chi connectivity index (χ0n) is 13.8. The van der Waals surface area contributed by atoms with E-state index in [1.165, 1.54) is 6.20 Å². The number of amides is 1.